The molecule has 0 aliphatic rings. The Morgan fingerprint density at radius 1 is 1.35 bits per heavy atom. The maximum atomic E-state index is 12.0. The Kier molecular flexibility index (Phi) is 4.39. The highest BCUT2D eigenvalue weighted by atomic mass is 19.3. The molecule has 0 fully saturated rings. The molecule has 0 atom stereocenters. The molecule has 106 valence electrons. The lowest BCUT2D eigenvalue weighted by Crippen LogP contribution is -2.11. The van der Waals surface area contributed by atoms with Crippen LogP contribution < -0.4 is 4.74 Å². The number of alkyl halides is 2. The summed E-state index contributed by atoms with van der Waals surface area (Å²) in [6.07, 6.45) is 1.51. The number of aryl methyl sites for hydroxylation is 1. The maximum Gasteiger partial charge on any atom is 0.387 e. The van der Waals surface area contributed by atoms with Gasteiger partial charge in [-0.3, -0.25) is 4.79 Å². The van der Waals surface area contributed by atoms with Crippen LogP contribution in [0.5, 0.6) is 5.75 Å². The number of hydrogen-bond acceptors (Lipinski definition) is 4. The third-order valence-corrected chi connectivity index (χ3v) is 2.72. The maximum absolute atomic E-state index is 12.0. The highest BCUT2D eigenvalue weighted by Crippen LogP contribution is 2.16. The van der Waals surface area contributed by atoms with E-state index < -0.39 is 6.61 Å². The number of Topliss-reactive ketones (excluding diaryl/α,β-unsaturated/α-hetero) is 1. The normalized spacial score (nSPS) is 10.8. The molecule has 1 heterocycles. The van der Waals surface area contributed by atoms with Gasteiger partial charge in [0.25, 0.3) is 0 Å². The second-order valence-corrected chi connectivity index (χ2v) is 3.99. The molecule has 2 rings (SSSR count). The number of ether oxygens (including phenoxy) is 1. The van der Waals surface area contributed by atoms with Crippen LogP contribution in [-0.4, -0.2) is 27.2 Å². The molecular weight excluding hydrogens is 268 g/mol. The summed E-state index contributed by atoms with van der Waals surface area (Å²) in [5.41, 5.74) is 0.414. The van der Waals surface area contributed by atoms with E-state index in [2.05, 4.69) is 14.8 Å². The van der Waals surface area contributed by atoms with Gasteiger partial charge in [-0.1, -0.05) is 0 Å². The second-order valence-electron chi connectivity index (χ2n) is 3.99. The number of carbonyl (C=O) groups is 1. The molecular formula is C13H13F2N3O2. The van der Waals surface area contributed by atoms with Crippen molar-refractivity contribution < 1.29 is 18.3 Å². The Balaban J connectivity index is 2.06. The van der Waals surface area contributed by atoms with Gasteiger partial charge in [0.15, 0.2) is 5.78 Å². The van der Waals surface area contributed by atoms with E-state index in [1.165, 1.54) is 30.6 Å². The molecule has 1 aromatic carbocycles. The van der Waals surface area contributed by atoms with Crippen LogP contribution in [0, 0.1) is 0 Å². The van der Waals surface area contributed by atoms with Gasteiger partial charge in [0.2, 0.25) is 0 Å². The van der Waals surface area contributed by atoms with Crippen molar-refractivity contribution in [1.82, 2.24) is 14.8 Å². The summed E-state index contributed by atoms with van der Waals surface area (Å²) in [4.78, 5) is 16.1. The van der Waals surface area contributed by atoms with Gasteiger partial charge in [0.1, 0.15) is 17.9 Å². The first-order valence-electron chi connectivity index (χ1n) is 6.05. The largest absolute Gasteiger partial charge is 0.435 e. The first-order valence-corrected chi connectivity index (χ1v) is 6.05. The van der Waals surface area contributed by atoms with Crippen molar-refractivity contribution in [3.05, 3.63) is 42.0 Å². The molecule has 0 N–H and O–H groups in total. The molecule has 0 spiro atoms. The minimum Gasteiger partial charge on any atom is -0.435 e. The highest BCUT2D eigenvalue weighted by molar-refractivity contribution is 5.97. The van der Waals surface area contributed by atoms with E-state index in [0.717, 1.165) is 0 Å². The van der Waals surface area contributed by atoms with Crippen LogP contribution in [0.1, 0.15) is 23.1 Å². The molecule has 0 aliphatic carbocycles. The number of benzene rings is 1. The smallest absolute Gasteiger partial charge is 0.387 e. The summed E-state index contributed by atoms with van der Waals surface area (Å²) in [5.74, 6) is 0.440. The first-order chi connectivity index (χ1) is 9.60. The van der Waals surface area contributed by atoms with Gasteiger partial charge in [-0.05, 0) is 31.2 Å². The van der Waals surface area contributed by atoms with Crippen molar-refractivity contribution in [3.63, 3.8) is 0 Å². The minimum absolute atomic E-state index is 0.0216. The summed E-state index contributed by atoms with van der Waals surface area (Å²) in [6, 6.07) is 5.58. The average Bonchev–Trinajstić information content (AvgIpc) is 2.86. The van der Waals surface area contributed by atoms with Gasteiger partial charge in [0, 0.05) is 12.1 Å². The zero-order valence-electron chi connectivity index (χ0n) is 10.8. The van der Waals surface area contributed by atoms with E-state index in [4.69, 9.17) is 0 Å². The number of aromatic nitrogens is 3. The molecule has 1 aromatic heterocycles. The standard InChI is InChI=1S/C13H13F2N3O2/c1-2-18-12(16-8-17-18)7-11(19)9-3-5-10(6-4-9)20-13(14)15/h3-6,8,13H,2,7H2,1H3. The van der Waals surface area contributed by atoms with E-state index in [-0.39, 0.29) is 18.0 Å². The lowest BCUT2D eigenvalue weighted by Gasteiger charge is -2.05. The van der Waals surface area contributed by atoms with Crippen LogP contribution in [0.15, 0.2) is 30.6 Å². The SMILES string of the molecule is CCn1ncnc1CC(=O)c1ccc(OC(F)F)cc1. The van der Waals surface area contributed by atoms with E-state index in [9.17, 15) is 13.6 Å². The first kappa shape index (κ1) is 14.1. The third-order valence-electron chi connectivity index (χ3n) is 2.72. The fourth-order valence-corrected chi connectivity index (χ4v) is 1.76. The van der Waals surface area contributed by atoms with Gasteiger partial charge < -0.3 is 4.74 Å². The van der Waals surface area contributed by atoms with Crippen molar-refractivity contribution in [1.29, 1.82) is 0 Å². The summed E-state index contributed by atoms with van der Waals surface area (Å²) in [7, 11) is 0. The number of carbonyl (C=O) groups excluding carboxylic acids is 1. The average molecular weight is 281 g/mol. The number of halogens is 2. The van der Waals surface area contributed by atoms with Gasteiger partial charge in [-0.25, -0.2) is 9.67 Å². The molecule has 2 aromatic rings. The Morgan fingerprint density at radius 2 is 2.05 bits per heavy atom. The third kappa shape index (κ3) is 3.37. The predicted molar refractivity (Wildman–Crippen MR) is 66.8 cm³/mol. The highest BCUT2D eigenvalue weighted by Gasteiger charge is 2.12. The van der Waals surface area contributed by atoms with Crippen LogP contribution in [0.4, 0.5) is 8.78 Å². The molecule has 20 heavy (non-hydrogen) atoms. The molecule has 0 saturated heterocycles. The summed E-state index contributed by atoms with van der Waals surface area (Å²) in [6.45, 7) is -0.345. The molecule has 0 unspecified atom stereocenters. The zero-order valence-corrected chi connectivity index (χ0v) is 10.8. The lowest BCUT2D eigenvalue weighted by molar-refractivity contribution is -0.0498. The molecule has 0 radical (unpaired) electrons. The Bertz CT molecular complexity index is 582. The van der Waals surface area contributed by atoms with E-state index in [1.54, 1.807) is 4.68 Å². The molecule has 0 bridgehead atoms. The summed E-state index contributed by atoms with van der Waals surface area (Å²) >= 11 is 0. The van der Waals surface area contributed by atoms with Crippen LogP contribution in [0.25, 0.3) is 0 Å². The van der Waals surface area contributed by atoms with Crippen molar-refractivity contribution in [2.75, 3.05) is 0 Å². The lowest BCUT2D eigenvalue weighted by atomic mass is 10.1. The topological polar surface area (TPSA) is 57.0 Å². The fraction of sp³-hybridized carbons (Fsp3) is 0.308. The molecule has 7 heteroatoms. The molecule has 0 aliphatic heterocycles. The molecule has 0 amide bonds. The number of nitrogens with zero attached hydrogens (tertiary/aromatic N) is 3. The van der Waals surface area contributed by atoms with Gasteiger partial charge >= 0.3 is 6.61 Å². The monoisotopic (exact) mass is 281 g/mol. The van der Waals surface area contributed by atoms with E-state index in [0.29, 0.717) is 17.9 Å². The van der Waals surface area contributed by atoms with Gasteiger partial charge in [-0.2, -0.15) is 13.9 Å². The number of hydrogen-bond donors (Lipinski definition) is 0. The van der Waals surface area contributed by atoms with Crippen molar-refractivity contribution in [3.8, 4) is 5.75 Å². The van der Waals surface area contributed by atoms with Crippen LogP contribution in [0.2, 0.25) is 0 Å². The fourth-order valence-electron chi connectivity index (χ4n) is 1.76. The number of rotatable bonds is 6. The zero-order chi connectivity index (χ0) is 14.5. The Labute approximate surface area is 114 Å². The van der Waals surface area contributed by atoms with Crippen LogP contribution >= 0.6 is 0 Å². The summed E-state index contributed by atoms with van der Waals surface area (Å²) < 4.78 is 29.9. The van der Waals surface area contributed by atoms with Gasteiger partial charge in [-0.15, -0.1) is 0 Å². The minimum atomic E-state index is -2.88. The summed E-state index contributed by atoms with van der Waals surface area (Å²) in [5, 5.41) is 3.98. The second kappa shape index (κ2) is 6.23. The van der Waals surface area contributed by atoms with Gasteiger partial charge in [0.05, 0.1) is 6.42 Å². The van der Waals surface area contributed by atoms with Crippen LogP contribution in [0.3, 0.4) is 0 Å². The van der Waals surface area contributed by atoms with Crippen molar-refractivity contribution in [2.24, 2.45) is 0 Å². The number of ketones is 1. The predicted octanol–water partition coefficient (Wildman–Crippen LogP) is 2.32. The van der Waals surface area contributed by atoms with Crippen molar-refractivity contribution in [2.45, 2.75) is 26.5 Å². The molecule has 0 saturated carbocycles. The van der Waals surface area contributed by atoms with Crippen molar-refractivity contribution >= 4 is 5.78 Å². The van der Waals surface area contributed by atoms with E-state index >= 15 is 0 Å². The van der Waals surface area contributed by atoms with Crippen LogP contribution in [-0.2, 0) is 13.0 Å². The molecule has 5 nitrogen and oxygen atoms in total. The Hall–Kier alpha value is -2.31. The van der Waals surface area contributed by atoms with E-state index in [1.807, 2.05) is 6.92 Å². The quantitative estimate of drug-likeness (QED) is 0.762. The Morgan fingerprint density at radius 3 is 2.65 bits per heavy atom.